The van der Waals surface area contributed by atoms with E-state index >= 15 is 0 Å². The Morgan fingerprint density at radius 1 is 1.36 bits per heavy atom. The number of nitrogens with zero attached hydrogens (tertiary/aromatic N) is 1. The maximum atomic E-state index is 12.6. The molecule has 0 aromatic heterocycles. The van der Waals surface area contributed by atoms with Crippen LogP contribution >= 0.6 is 0 Å². The minimum absolute atomic E-state index is 0.0533. The van der Waals surface area contributed by atoms with Crippen LogP contribution in [0.25, 0.3) is 0 Å². The first-order valence-electron chi connectivity index (χ1n) is 8.41. The lowest BCUT2D eigenvalue weighted by Crippen LogP contribution is -2.50. The third kappa shape index (κ3) is 2.12. The van der Waals surface area contributed by atoms with E-state index in [9.17, 15) is 14.7 Å². The number of carboxylic acids is 1. The Hall–Kier alpha value is -1.26. The average molecular weight is 309 g/mol. The Morgan fingerprint density at radius 3 is 2.41 bits per heavy atom. The second kappa shape index (κ2) is 4.62. The number of piperidine rings is 1. The second-order valence-electron chi connectivity index (χ2n) is 8.24. The van der Waals surface area contributed by atoms with Crippen molar-refractivity contribution in [2.75, 3.05) is 6.54 Å². The van der Waals surface area contributed by atoms with E-state index in [0.29, 0.717) is 12.5 Å². The zero-order chi connectivity index (χ0) is 16.3. The topological polar surface area (TPSA) is 66.8 Å². The van der Waals surface area contributed by atoms with E-state index in [0.717, 1.165) is 32.1 Å². The van der Waals surface area contributed by atoms with E-state index in [1.54, 1.807) is 0 Å². The molecule has 3 rings (SSSR count). The summed E-state index contributed by atoms with van der Waals surface area (Å²) in [5.41, 5.74) is -1.38. The molecule has 1 unspecified atom stereocenters. The first-order valence-corrected chi connectivity index (χ1v) is 8.41. The van der Waals surface area contributed by atoms with Crippen LogP contribution in [0.2, 0.25) is 0 Å². The van der Waals surface area contributed by atoms with Gasteiger partial charge in [-0.3, -0.25) is 4.79 Å². The average Bonchev–Trinajstić information content (AvgIpc) is 3.27. The van der Waals surface area contributed by atoms with Gasteiger partial charge in [-0.2, -0.15) is 0 Å². The summed E-state index contributed by atoms with van der Waals surface area (Å²) in [5, 5.41) is 9.68. The fourth-order valence-corrected chi connectivity index (χ4v) is 4.77. The van der Waals surface area contributed by atoms with Gasteiger partial charge in [0.05, 0.1) is 11.0 Å². The van der Waals surface area contributed by atoms with Crippen LogP contribution in [-0.4, -0.2) is 39.8 Å². The molecular formula is C17H27NO4. The number of fused-ring (bicyclic) bond motifs is 1. The van der Waals surface area contributed by atoms with Crippen molar-refractivity contribution in [1.29, 1.82) is 0 Å². The molecule has 0 aromatic rings. The van der Waals surface area contributed by atoms with Gasteiger partial charge in [0.15, 0.2) is 0 Å². The molecule has 2 saturated carbocycles. The second-order valence-corrected chi connectivity index (χ2v) is 8.24. The maximum absolute atomic E-state index is 12.6. The van der Waals surface area contributed by atoms with Gasteiger partial charge in [0, 0.05) is 6.54 Å². The fraction of sp³-hybridized carbons (Fsp3) is 0.882. The normalized spacial score (nSPS) is 33.1. The Morgan fingerprint density at radius 2 is 2.00 bits per heavy atom. The highest BCUT2D eigenvalue weighted by atomic mass is 16.6. The number of carboxylic acid groups (broad SMARTS) is 1. The molecule has 1 amide bonds. The maximum Gasteiger partial charge on any atom is 0.410 e. The van der Waals surface area contributed by atoms with E-state index in [1.165, 1.54) is 0 Å². The largest absolute Gasteiger partial charge is 0.481 e. The van der Waals surface area contributed by atoms with E-state index in [4.69, 9.17) is 4.74 Å². The van der Waals surface area contributed by atoms with E-state index < -0.39 is 17.0 Å². The molecule has 0 spiro atoms. The van der Waals surface area contributed by atoms with Crippen molar-refractivity contribution in [2.24, 2.45) is 17.3 Å². The number of ether oxygens (including phenoxy) is 1. The van der Waals surface area contributed by atoms with Crippen LogP contribution in [0.1, 0.15) is 59.8 Å². The standard InChI is InChI=1S/C17H27NO4/c1-5-12(16(7-8-16)13(19)20)17-10-11(17)6-9-18(17)14(21)22-15(2,3)4/h11-12H,5-10H2,1-4H3,(H,19,20)/t11?,12-,17-/m1/s1. The van der Waals surface area contributed by atoms with Crippen molar-refractivity contribution in [1.82, 2.24) is 4.90 Å². The van der Waals surface area contributed by atoms with Crippen molar-refractivity contribution >= 4 is 12.1 Å². The number of carbonyl (C=O) groups excluding carboxylic acids is 1. The summed E-state index contributed by atoms with van der Waals surface area (Å²) in [6.45, 7) is 8.37. The highest BCUT2D eigenvalue weighted by Gasteiger charge is 2.74. The van der Waals surface area contributed by atoms with Gasteiger partial charge in [0.1, 0.15) is 5.60 Å². The minimum atomic E-state index is -0.685. The van der Waals surface area contributed by atoms with Crippen molar-refractivity contribution in [3.05, 3.63) is 0 Å². The number of carbonyl (C=O) groups is 2. The van der Waals surface area contributed by atoms with Gasteiger partial charge in [-0.1, -0.05) is 6.92 Å². The number of amides is 1. The molecule has 0 bridgehead atoms. The Labute approximate surface area is 132 Å². The van der Waals surface area contributed by atoms with Crippen molar-refractivity contribution in [3.63, 3.8) is 0 Å². The summed E-state index contributed by atoms with van der Waals surface area (Å²) in [6.07, 6.45) is 3.95. The molecule has 1 saturated heterocycles. The number of likely N-dealkylation sites (tertiary alicyclic amines) is 1. The van der Waals surface area contributed by atoms with Gasteiger partial charge in [-0.25, -0.2) is 4.79 Å². The van der Waals surface area contributed by atoms with Gasteiger partial charge >= 0.3 is 12.1 Å². The smallest absolute Gasteiger partial charge is 0.410 e. The van der Waals surface area contributed by atoms with Crippen LogP contribution < -0.4 is 0 Å². The third-order valence-corrected chi connectivity index (χ3v) is 5.83. The SMILES string of the molecule is CC[C@H](C1(C(=O)O)CC1)[C@@]12CC1CCN2C(=O)OC(C)(C)C. The first kappa shape index (κ1) is 15.6. The van der Waals surface area contributed by atoms with Gasteiger partial charge in [-0.05, 0) is 64.7 Å². The summed E-state index contributed by atoms with van der Waals surface area (Å²) < 4.78 is 5.57. The molecule has 5 heteroatoms. The zero-order valence-corrected chi connectivity index (χ0v) is 14.0. The number of hydrogen-bond donors (Lipinski definition) is 1. The number of rotatable bonds is 4. The van der Waals surface area contributed by atoms with Crippen molar-refractivity contribution in [2.45, 2.75) is 70.9 Å². The quantitative estimate of drug-likeness (QED) is 0.865. The third-order valence-electron chi connectivity index (χ3n) is 5.83. The molecule has 22 heavy (non-hydrogen) atoms. The monoisotopic (exact) mass is 309 g/mol. The van der Waals surface area contributed by atoms with Crippen LogP contribution in [0.4, 0.5) is 4.79 Å². The Kier molecular flexibility index (Phi) is 3.28. The van der Waals surface area contributed by atoms with Crippen LogP contribution in [-0.2, 0) is 9.53 Å². The predicted octanol–water partition coefficient (Wildman–Crippen LogP) is 3.28. The lowest BCUT2D eigenvalue weighted by Gasteiger charge is -2.38. The lowest BCUT2D eigenvalue weighted by atomic mass is 9.78. The molecule has 3 aliphatic rings. The highest BCUT2D eigenvalue weighted by Crippen LogP contribution is 2.69. The highest BCUT2D eigenvalue weighted by molar-refractivity contribution is 5.79. The first-order chi connectivity index (χ1) is 10.2. The van der Waals surface area contributed by atoms with Crippen LogP contribution in [0.15, 0.2) is 0 Å². The van der Waals surface area contributed by atoms with Gasteiger partial charge in [-0.15, -0.1) is 0 Å². The van der Waals surface area contributed by atoms with Gasteiger partial charge in [0.2, 0.25) is 0 Å². The number of hydrogen-bond acceptors (Lipinski definition) is 3. The van der Waals surface area contributed by atoms with Gasteiger partial charge in [0.25, 0.3) is 0 Å². The predicted molar refractivity (Wildman–Crippen MR) is 81.5 cm³/mol. The molecule has 3 fully saturated rings. The molecule has 0 radical (unpaired) electrons. The molecule has 124 valence electrons. The molecule has 1 heterocycles. The van der Waals surface area contributed by atoms with Crippen molar-refractivity contribution < 1.29 is 19.4 Å². The lowest BCUT2D eigenvalue weighted by molar-refractivity contribution is -0.147. The van der Waals surface area contributed by atoms with Crippen molar-refractivity contribution in [3.8, 4) is 0 Å². The van der Waals surface area contributed by atoms with E-state index in [-0.39, 0.29) is 17.6 Å². The fourth-order valence-electron chi connectivity index (χ4n) is 4.77. The van der Waals surface area contributed by atoms with Crippen LogP contribution in [0.5, 0.6) is 0 Å². The summed E-state index contributed by atoms with van der Waals surface area (Å²) in [5.74, 6) is -0.172. The summed E-state index contributed by atoms with van der Waals surface area (Å²) in [7, 11) is 0. The van der Waals surface area contributed by atoms with Gasteiger partial charge < -0.3 is 14.7 Å². The minimum Gasteiger partial charge on any atom is -0.481 e. The van der Waals surface area contributed by atoms with E-state index in [2.05, 4.69) is 6.92 Å². The summed E-state index contributed by atoms with van der Waals surface area (Å²) in [6, 6.07) is 0. The molecule has 1 aliphatic heterocycles. The summed E-state index contributed by atoms with van der Waals surface area (Å²) >= 11 is 0. The molecule has 5 nitrogen and oxygen atoms in total. The van der Waals surface area contributed by atoms with Crippen LogP contribution in [0, 0.1) is 17.3 Å². The Bertz CT molecular complexity index is 505. The van der Waals surface area contributed by atoms with Crippen LogP contribution in [0.3, 0.4) is 0 Å². The molecular weight excluding hydrogens is 282 g/mol. The molecule has 3 atom stereocenters. The molecule has 2 aliphatic carbocycles. The Balaban J connectivity index is 1.85. The molecule has 0 aromatic carbocycles. The summed E-state index contributed by atoms with van der Waals surface area (Å²) in [4.78, 5) is 26.2. The molecule has 1 N–H and O–H groups in total. The zero-order valence-electron chi connectivity index (χ0n) is 14.0. The van der Waals surface area contributed by atoms with E-state index in [1.807, 2.05) is 25.7 Å². The number of aliphatic carboxylic acids is 1.